The predicted molar refractivity (Wildman–Crippen MR) is 77.4 cm³/mol. The van der Waals surface area contributed by atoms with Crippen molar-refractivity contribution in [3.05, 3.63) is 78.0 Å². The number of rotatable bonds is 3. The van der Waals surface area contributed by atoms with Gasteiger partial charge in [0.15, 0.2) is 0 Å². The van der Waals surface area contributed by atoms with Gasteiger partial charge in [-0.15, -0.1) is 0 Å². The first-order chi connectivity index (χ1) is 8.69. The van der Waals surface area contributed by atoms with E-state index in [9.17, 15) is 0 Å². The van der Waals surface area contributed by atoms with Gasteiger partial charge in [-0.3, -0.25) is 5.01 Å². The molecule has 0 saturated heterocycles. The number of hydrazine groups is 1. The van der Waals surface area contributed by atoms with Crippen LogP contribution in [0.25, 0.3) is 5.70 Å². The smallest absolute Gasteiger partial charge is 0.0679 e. The van der Waals surface area contributed by atoms with Gasteiger partial charge >= 0.3 is 0 Å². The highest BCUT2D eigenvalue weighted by Gasteiger charge is 2.21. The van der Waals surface area contributed by atoms with Gasteiger partial charge < -0.3 is 0 Å². The van der Waals surface area contributed by atoms with Crippen LogP contribution in [0.15, 0.2) is 72.5 Å². The molecule has 0 amide bonds. The van der Waals surface area contributed by atoms with E-state index in [2.05, 4.69) is 43.7 Å². The third kappa shape index (κ3) is 2.03. The molecule has 2 heteroatoms. The monoisotopic (exact) mass is 238 g/mol. The summed E-state index contributed by atoms with van der Waals surface area (Å²) in [5.41, 5.74) is 8.64. The average Bonchev–Trinajstić information content (AvgIpc) is 2.41. The van der Waals surface area contributed by atoms with Crippen molar-refractivity contribution in [1.29, 1.82) is 0 Å². The molecule has 1 aromatic carbocycles. The van der Waals surface area contributed by atoms with Gasteiger partial charge in [-0.25, -0.2) is 5.43 Å². The number of nitrogens with zero attached hydrogens (tertiary/aromatic N) is 1. The van der Waals surface area contributed by atoms with E-state index < -0.39 is 0 Å². The second kappa shape index (κ2) is 5.07. The molecule has 0 aromatic heterocycles. The van der Waals surface area contributed by atoms with Gasteiger partial charge in [0.05, 0.1) is 11.4 Å². The van der Waals surface area contributed by atoms with E-state index in [-0.39, 0.29) is 0 Å². The normalized spacial score (nSPS) is 15.8. The van der Waals surface area contributed by atoms with Crippen LogP contribution >= 0.6 is 0 Å². The van der Waals surface area contributed by atoms with Crippen LogP contribution in [0.1, 0.15) is 12.5 Å². The summed E-state index contributed by atoms with van der Waals surface area (Å²) in [7, 11) is 1.90. The Morgan fingerprint density at radius 1 is 1.22 bits per heavy atom. The molecule has 1 heterocycles. The summed E-state index contributed by atoms with van der Waals surface area (Å²) in [6, 6.07) is 10.3. The Balaban J connectivity index is 2.58. The van der Waals surface area contributed by atoms with Crippen LogP contribution in [0.5, 0.6) is 0 Å². The maximum atomic E-state index is 4.12. The molecule has 0 unspecified atom stereocenters. The summed E-state index contributed by atoms with van der Waals surface area (Å²) < 4.78 is 0. The Bertz CT molecular complexity index is 535. The maximum Gasteiger partial charge on any atom is 0.0679 e. The Morgan fingerprint density at radius 2 is 1.89 bits per heavy atom. The molecule has 1 aromatic rings. The fraction of sp³-hybridized carbons (Fsp3) is 0.125. The zero-order valence-electron chi connectivity index (χ0n) is 10.9. The van der Waals surface area contributed by atoms with E-state index in [0.29, 0.717) is 0 Å². The molecule has 0 fully saturated rings. The van der Waals surface area contributed by atoms with Crippen molar-refractivity contribution in [1.82, 2.24) is 10.4 Å². The summed E-state index contributed by atoms with van der Waals surface area (Å²) in [4.78, 5) is 0. The Kier molecular flexibility index (Phi) is 3.49. The zero-order chi connectivity index (χ0) is 13.1. The second-order valence-corrected chi connectivity index (χ2v) is 4.21. The largest absolute Gasteiger partial charge is 0.276 e. The topological polar surface area (TPSA) is 15.3 Å². The summed E-state index contributed by atoms with van der Waals surface area (Å²) in [6.07, 6.45) is 3.95. The number of hydrogen-bond acceptors (Lipinski definition) is 2. The molecule has 92 valence electrons. The molecular weight excluding hydrogens is 220 g/mol. The highest BCUT2D eigenvalue weighted by molar-refractivity contribution is 5.74. The Hall–Kier alpha value is -2.06. The molecule has 1 N–H and O–H groups in total. The Labute approximate surface area is 109 Å². The molecular formula is C16H18N2. The lowest BCUT2D eigenvalue weighted by Crippen LogP contribution is -2.35. The highest BCUT2D eigenvalue weighted by Crippen LogP contribution is 2.33. The lowest BCUT2D eigenvalue weighted by molar-refractivity contribution is 0.400. The van der Waals surface area contributed by atoms with E-state index in [1.54, 1.807) is 0 Å². The number of allylic oxidation sites excluding steroid dienone is 3. The summed E-state index contributed by atoms with van der Waals surface area (Å²) in [6.45, 7) is 10.0. The van der Waals surface area contributed by atoms with Crippen LogP contribution in [0, 0.1) is 0 Å². The van der Waals surface area contributed by atoms with Crippen molar-refractivity contribution in [3.63, 3.8) is 0 Å². The quantitative estimate of drug-likeness (QED) is 0.867. The van der Waals surface area contributed by atoms with Crippen molar-refractivity contribution in [3.8, 4) is 0 Å². The van der Waals surface area contributed by atoms with Crippen LogP contribution in [0.2, 0.25) is 0 Å². The van der Waals surface area contributed by atoms with Crippen LogP contribution < -0.4 is 5.43 Å². The van der Waals surface area contributed by atoms with E-state index in [1.807, 2.05) is 36.3 Å². The van der Waals surface area contributed by atoms with Crippen molar-refractivity contribution in [2.24, 2.45) is 0 Å². The molecule has 0 aliphatic carbocycles. The third-order valence-corrected chi connectivity index (χ3v) is 3.06. The molecule has 1 aliphatic heterocycles. The molecule has 1 aliphatic rings. The van der Waals surface area contributed by atoms with Crippen molar-refractivity contribution < 1.29 is 0 Å². The third-order valence-electron chi connectivity index (χ3n) is 3.06. The van der Waals surface area contributed by atoms with Crippen LogP contribution in [0.3, 0.4) is 0 Å². The predicted octanol–water partition coefficient (Wildman–Crippen LogP) is 3.49. The van der Waals surface area contributed by atoms with Gasteiger partial charge in [0, 0.05) is 7.05 Å². The molecule has 2 nitrogen and oxygen atoms in total. The first-order valence-electron chi connectivity index (χ1n) is 5.96. The molecule has 0 bridgehead atoms. The first kappa shape index (κ1) is 12.4. The number of nitrogens with one attached hydrogen (secondary N) is 1. The average molecular weight is 238 g/mol. The van der Waals surface area contributed by atoms with E-state index in [1.165, 1.54) is 11.1 Å². The Morgan fingerprint density at radius 3 is 2.44 bits per heavy atom. The minimum Gasteiger partial charge on any atom is -0.276 e. The number of benzene rings is 1. The molecule has 0 saturated carbocycles. The van der Waals surface area contributed by atoms with Crippen LogP contribution in [-0.2, 0) is 0 Å². The second-order valence-electron chi connectivity index (χ2n) is 4.21. The van der Waals surface area contributed by atoms with Gasteiger partial charge in [0.25, 0.3) is 0 Å². The molecule has 0 spiro atoms. The fourth-order valence-corrected chi connectivity index (χ4v) is 2.20. The fourth-order valence-electron chi connectivity index (χ4n) is 2.20. The van der Waals surface area contributed by atoms with Gasteiger partial charge in [0.1, 0.15) is 0 Å². The summed E-state index contributed by atoms with van der Waals surface area (Å²) in [5, 5.41) is 2.00. The zero-order valence-corrected chi connectivity index (χ0v) is 10.9. The standard InChI is InChI=1S/C16H18N2/c1-5-14-11-12(2)16(18(17-4)13(14)3)15-9-7-6-8-10-15/h5-11,17H,1,3H2,2,4H3. The SMILES string of the molecule is C=CC1=CC(C)=C(c2ccccc2)N(NC)C1=C. The highest BCUT2D eigenvalue weighted by atomic mass is 15.5. The van der Waals surface area contributed by atoms with E-state index >= 15 is 0 Å². The van der Waals surface area contributed by atoms with Gasteiger partial charge in [0.2, 0.25) is 0 Å². The molecule has 2 rings (SSSR count). The first-order valence-corrected chi connectivity index (χ1v) is 5.96. The van der Waals surface area contributed by atoms with Gasteiger partial charge in [-0.05, 0) is 29.7 Å². The van der Waals surface area contributed by atoms with Crippen molar-refractivity contribution in [2.45, 2.75) is 6.92 Å². The summed E-state index contributed by atoms with van der Waals surface area (Å²) in [5.74, 6) is 0. The van der Waals surface area contributed by atoms with Gasteiger partial charge in [-0.1, -0.05) is 49.6 Å². The van der Waals surface area contributed by atoms with Crippen LogP contribution in [0.4, 0.5) is 0 Å². The minimum atomic E-state index is 0.914. The molecule has 0 atom stereocenters. The van der Waals surface area contributed by atoms with Crippen LogP contribution in [-0.4, -0.2) is 12.1 Å². The van der Waals surface area contributed by atoms with Crippen molar-refractivity contribution in [2.75, 3.05) is 7.05 Å². The summed E-state index contributed by atoms with van der Waals surface area (Å²) >= 11 is 0. The molecule has 0 radical (unpaired) electrons. The number of hydrogen-bond donors (Lipinski definition) is 1. The molecule has 18 heavy (non-hydrogen) atoms. The van der Waals surface area contributed by atoms with Crippen molar-refractivity contribution >= 4 is 5.70 Å². The van der Waals surface area contributed by atoms with E-state index in [0.717, 1.165) is 17.0 Å². The maximum absolute atomic E-state index is 4.12. The van der Waals surface area contributed by atoms with E-state index in [4.69, 9.17) is 0 Å². The minimum absolute atomic E-state index is 0.914. The lowest BCUT2D eigenvalue weighted by atomic mass is 9.98. The lowest BCUT2D eigenvalue weighted by Gasteiger charge is -2.33. The van der Waals surface area contributed by atoms with Gasteiger partial charge in [-0.2, -0.15) is 0 Å².